The number of halogens is 1. The standard InChI is InChI=1S/C14H17BrN2O2S2/c1-9-4-5-11(21(18,19)16-3)8-13(9)17-10(2)14-12(15)6-7-20-14/h4-8,10,16-17H,1-3H3. The molecule has 0 radical (unpaired) electrons. The number of rotatable bonds is 5. The second-order valence-corrected chi connectivity index (χ2v) is 8.37. The second-order valence-electron chi connectivity index (χ2n) is 4.68. The molecule has 2 rings (SSSR count). The van der Waals surface area contributed by atoms with Gasteiger partial charge in [-0.25, -0.2) is 13.1 Å². The first-order chi connectivity index (χ1) is 9.85. The Kier molecular flexibility index (Phi) is 5.08. The highest BCUT2D eigenvalue weighted by molar-refractivity contribution is 9.10. The minimum atomic E-state index is -3.43. The topological polar surface area (TPSA) is 58.2 Å². The number of anilines is 1. The molecule has 0 fully saturated rings. The van der Waals surface area contributed by atoms with Gasteiger partial charge in [0.25, 0.3) is 0 Å². The van der Waals surface area contributed by atoms with E-state index in [1.165, 1.54) is 11.9 Å². The van der Waals surface area contributed by atoms with E-state index in [-0.39, 0.29) is 10.9 Å². The fourth-order valence-electron chi connectivity index (χ4n) is 1.95. The molecule has 114 valence electrons. The lowest BCUT2D eigenvalue weighted by atomic mass is 10.1. The molecule has 0 aliphatic carbocycles. The molecule has 2 aromatic rings. The lowest BCUT2D eigenvalue weighted by Gasteiger charge is -2.17. The van der Waals surface area contributed by atoms with Crippen molar-refractivity contribution >= 4 is 43.0 Å². The van der Waals surface area contributed by atoms with Crippen molar-refractivity contribution < 1.29 is 8.42 Å². The molecule has 21 heavy (non-hydrogen) atoms. The van der Waals surface area contributed by atoms with E-state index in [9.17, 15) is 8.42 Å². The predicted molar refractivity (Wildman–Crippen MR) is 91.5 cm³/mol. The predicted octanol–water partition coefficient (Wildman–Crippen LogP) is 3.90. The Hall–Kier alpha value is -0.890. The fourth-order valence-corrected chi connectivity index (χ4v) is 4.44. The van der Waals surface area contributed by atoms with E-state index in [4.69, 9.17) is 0 Å². The molecule has 4 nitrogen and oxygen atoms in total. The highest BCUT2D eigenvalue weighted by Gasteiger charge is 2.15. The molecule has 1 aromatic heterocycles. The lowest BCUT2D eigenvalue weighted by molar-refractivity contribution is 0.588. The Balaban J connectivity index is 2.32. The molecule has 7 heteroatoms. The SMILES string of the molecule is CNS(=O)(=O)c1ccc(C)c(NC(C)c2sccc2Br)c1. The van der Waals surface area contributed by atoms with Gasteiger partial charge in [0.15, 0.2) is 0 Å². The van der Waals surface area contributed by atoms with Crippen LogP contribution in [-0.2, 0) is 10.0 Å². The summed E-state index contributed by atoms with van der Waals surface area (Å²) < 4.78 is 27.2. The number of hydrogen-bond donors (Lipinski definition) is 2. The fraction of sp³-hybridized carbons (Fsp3) is 0.286. The highest BCUT2D eigenvalue weighted by atomic mass is 79.9. The summed E-state index contributed by atoms with van der Waals surface area (Å²) in [7, 11) is -2.02. The van der Waals surface area contributed by atoms with Gasteiger partial charge >= 0.3 is 0 Å². The van der Waals surface area contributed by atoms with Crippen molar-refractivity contribution in [3.8, 4) is 0 Å². The quantitative estimate of drug-likeness (QED) is 0.816. The molecule has 1 unspecified atom stereocenters. The average Bonchev–Trinajstić information content (AvgIpc) is 2.87. The van der Waals surface area contributed by atoms with Gasteiger partial charge in [-0.15, -0.1) is 11.3 Å². The molecule has 1 heterocycles. The van der Waals surface area contributed by atoms with E-state index in [1.54, 1.807) is 23.5 Å². The summed E-state index contributed by atoms with van der Waals surface area (Å²) in [5.74, 6) is 0. The molecular weight excluding hydrogens is 372 g/mol. The van der Waals surface area contributed by atoms with Crippen LogP contribution in [-0.4, -0.2) is 15.5 Å². The highest BCUT2D eigenvalue weighted by Crippen LogP contribution is 2.32. The number of nitrogens with one attached hydrogen (secondary N) is 2. The lowest BCUT2D eigenvalue weighted by Crippen LogP contribution is -2.19. The maximum absolute atomic E-state index is 11.9. The number of sulfonamides is 1. The monoisotopic (exact) mass is 388 g/mol. The van der Waals surface area contributed by atoms with Crippen molar-refractivity contribution in [2.45, 2.75) is 24.8 Å². The Labute approximate surface area is 137 Å². The maximum atomic E-state index is 11.9. The first-order valence-corrected chi connectivity index (χ1v) is 9.54. The third-order valence-electron chi connectivity index (χ3n) is 3.20. The third kappa shape index (κ3) is 3.66. The Morgan fingerprint density at radius 2 is 2.00 bits per heavy atom. The molecule has 0 aliphatic rings. The molecular formula is C14H17BrN2O2S2. The Morgan fingerprint density at radius 3 is 2.57 bits per heavy atom. The van der Waals surface area contributed by atoms with Crippen LogP contribution in [0.1, 0.15) is 23.4 Å². The van der Waals surface area contributed by atoms with Gasteiger partial charge in [-0.3, -0.25) is 0 Å². The van der Waals surface area contributed by atoms with Gasteiger partial charge in [0.05, 0.1) is 10.9 Å². The van der Waals surface area contributed by atoms with Crippen LogP contribution in [0.2, 0.25) is 0 Å². The van der Waals surface area contributed by atoms with Gasteiger partial charge in [-0.05, 0) is 66.0 Å². The van der Waals surface area contributed by atoms with Crippen LogP contribution in [0.5, 0.6) is 0 Å². The maximum Gasteiger partial charge on any atom is 0.240 e. The van der Waals surface area contributed by atoms with E-state index in [0.29, 0.717) is 0 Å². The van der Waals surface area contributed by atoms with Gasteiger partial charge in [0, 0.05) is 15.0 Å². The summed E-state index contributed by atoms with van der Waals surface area (Å²) in [6.07, 6.45) is 0. The van der Waals surface area contributed by atoms with Crippen LogP contribution in [0.25, 0.3) is 0 Å². The number of aryl methyl sites for hydroxylation is 1. The molecule has 0 saturated carbocycles. The van der Waals surface area contributed by atoms with E-state index in [1.807, 2.05) is 24.4 Å². The van der Waals surface area contributed by atoms with Crippen LogP contribution in [0.15, 0.2) is 39.0 Å². The zero-order valence-electron chi connectivity index (χ0n) is 12.0. The van der Waals surface area contributed by atoms with Crippen molar-refractivity contribution in [2.75, 3.05) is 12.4 Å². The molecule has 0 spiro atoms. The van der Waals surface area contributed by atoms with Gasteiger partial charge in [0.2, 0.25) is 10.0 Å². The average molecular weight is 389 g/mol. The van der Waals surface area contributed by atoms with Gasteiger partial charge in [-0.2, -0.15) is 0 Å². The minimum absolute atomic E-state index is 0.0885. The molecule has 0 bridgehead atoms. The molecule has 0 aliphatic heterocycles. The van der Waals surface area contributed by atoms with Crippen LogP contribution in [0, 0.1) is 6.92 Å². The summed E-state index contributed by atoms with van der Waals surface area (Å²) in [5, 5.41) is 5.40. The first-order valence-electron chi connectivity index (χ1n) is 6.39. The van der Waals surface area contributed by atoms with Crippen LogP contribution < -0.4 is 10.0 Å². The van der Waals surface area contributed by atoms with Crippen molar-refractivity contribution in [2.24, 2.45) is 0 Å². The van der Waals surface area contributed by atoms with Crippen molar-refractivity contribution in [1.82, 2.24) is 4.72 Å². The van der Waals surface area contributed by atoms with E-state index >= 15 is 0 Å². The summed E-state index contributed by atoms with van der Waals surface area (Å²) >= 11 is 5.18. The molecule has 0 amide bonds. The Morgan fingerprint density at radius 1 is 1.29 bits per heavy atom. The van der Waals surface area contributed by atoms with Gasteiger partial charge < -0.3 is 5.32 Å². The molecule has 1 atom stereocenters. The molecule has 2 N–H and O–H groups in total. The van der Waals surface area contributed by atoms with E-state index in [0.717, 1.165) is 15.7 Å². The number of hydrogen-bond acceptors (Lipinski definition) is 4. The van der Waals surface area contributed by atoms with Crippen LogP contribution in [0.4, 0.5) is 5.69 Å². The minimum Gasteiger partial charge on any atom is -0.377 e. The van der Waals surface area contributed by atoms with Crippen LogP contribution >= 0.6 is 27.3 Å². The molecule has 0 saturated heterocycles. The smallest absolute Gasteiger partial charge is 0.240 e. The van der Waals surface area contributed by atoms with Crippen molar-refractivity contribution in [1.29, 1.82) is 0 Å². The largest absolute Gasteiger partial charge is 0.377 e. The normalized spacial score (nSPS) is 13.1. The van der Waals surface area contributed by atoms with E-state index < -0.39 is 10.0 Å². The van der Waals surface area contributed by atoms with Gasteiger partial charge in [-0.1, -0.05) is 6.07 Å². The third-order valence-corrected chi connectivity index (χ3v) is 6.66. The van der Waals surface area contributed by atoms with Gasteiger partial charge in [0.1, 0.15) is 0 Å². The first kappa shape index (κ1) is 16.5. The zero-order chi connectivity index (χ0) is 15.6. The summed E-state index contributed by atoms with van der Waals surface area (Å²) in [5.41, 5.74) is 1.82. The van der Waals surface area contributed by atoms with E-state index in [2.05, 4.69) is 32.9 Å². The summed E-state index contributed by atoms with van der Waals surface area (Å²) in [6.45, 7) is 4.00. The number of thiophene rings is 1. The summed E-state index contributed by atoms with van der Waals surface area (Å²) in [6, 6.07) is 7.18. The van der Waals surface area contributed by atoms with Crippen LogP contribution in [0.3, 0.4) is 0 Å². The second kappa shape index (κ2) is 6.48. The number of benzene rings is 1. The van der Waals surface area contributed by atoms with Crippen molar-refractivity contribution in [3.05, 3.63) is 44.6 Å². The Bertz CT molecular complexity index is 741. The molecule has 1 aromatic carbocycles. The zero-order valence-corrected chi connectivity index (χ0v) is 15.2. The summed E-state index contributed by atoms with van der Waals surface area (Å²) in [4.78, 5) is 1.44. The van der Waals surface area contributed by atoms with Crippen molar-refractivity contribution in [3.63, 3.8) is 0 Å².